The van der Waals surface area contributed by atoms with Crippen LogP contribution in [-0.2, 0) is 14.3 Å². The molecule has 0 aromatic heterocycles. The largest absolute Gasteiger partial charge is 0.378 e. The number of rotatable bonds is 8. The van der Waals surface area contributed by atoms with Crippen LogP contribution >= 0.6 is 0 Å². The molecule has 0 saturated carbocycles. The van der Waals surface area contributed by atoms with Crippen LogP contribution in [0.15, 0.2) is 48.5 Å². The number of morpholine rings is 1. The van der Waals surface area contributed by atoms with Crippen LogP contribution in [0.25, 0.3) is 0 Å². The number of benzene rings is 2. The van der Waals surface area contributed by atoms with Gasteiger partial charge in [-0.25, -0.2) is 0 Å². The Labute approximate surface area is 181 Å². The number of hydrogen-bond acceptors (Lipinski definition) is 6. The van der Waals surface area contributed by atoms with Crippen molar-refractivity contribution >= 4 is 34.8 Å². The van der Waals surface area contributed by atoms with Crippen LogP contribution in [0.1, 0.15) is 10.4 Å². The van der Waals surface area contributed by atoms with Crippen LogP contribution in [0, 0.1) is 0 Å². The Balaban J connectivity index is 1.47. The van der Waals surface area contributed by atoms with E-state index >= 15 is 0 Å². The van der Waals surface area contributed by atoms with Crippen LogP contribution in [0.3, 0.4) is 0 Å². The maximum absolute atomic E-state index is 12.3. The Bertz CT molecular complexity index is 926. The van der Waals surface area contributed by atoms with Gasteiger partial charge in [0.25, 0.3) is 5.91 Å². The highest BCUT2D eigenvalue weighted by atomic mass is 16.5. The minimum Gasteiger partial charge on any atom is -0.378 e. The number of primary amides is 1. The first-order valence-corrected chi connectivity index (χ1v) is 10.0. The van der Waals surface area contributed by atoms with Gasteiger partial charge in [0.2, 0.25) is 11.8 Å². The van der Waals surface area contributed by atoms with Gasteiger partial charge >= 0.3 is 0 Å². The van der Waals surface area contributed by atoms with Crippen molar-refractivity contribution in [1.29, 1.82) is 0 Å². The van der Waals surface area contributed by atoms with E-state index in [4.69, 9.17) is 10.5 Å². The molecular weight excluding hydrogens is 398 g/mol. The van der Waals surface area contributed by atoms with Gasteiger partial charge < -0.3 is 26.0 Å². The normalized spacial score (nSPS) is 13.7. The first-order chi connectivity index (χ1) is 14.9. The van der Waals surface area contributed by atoms with E-state index in [2.05, 4.69) is 15.5 Å². The first-order valence-electron chi connectivity index (χ1n) is 10.0. The first kappa shape index (κ1) is 22.3. The minimum absolute atomic E-state index is 0.0174. The summed E-state index contributed by atoms with van der Waals surface area (Å²) >= 11 is 0. The van der Waals surface area contributed by atoms with Crippen molar-refractivity contribution in [2.24, 2.45) is 5.73 Å². The van der Waals surface area contributed by atoms with Crippen molar-refractivity contribution in [3.63, 3.8) is 0 Å². The highest BCUT2D eigenvalue weighted by Crippen LogP contribution is 2.19. The number of nitrogens with two attached hydrogens (primary N) is 1. The van der Waals surface area contributed by atoms with E-state index in [0.29, 0.717) is 24.6 Å². The number of nitrogens with one attached hydrogen (secondary N) is 2. The van der Waals surface area contributed by atoms with Gasteiger partial charge in [-0.3, -0.25) is 19.3 Å². The third-order valence-corrected chi connectivity index (χ3v) is 4.82. The molecule has 3 rings (SSSR count). The van der Waals surface area contributed by atoms with Crippen molar-refractivity contribution in [1.82, 2.24) is 4.90 Å². The minimum atomic E-state index is -0.622. The van der Waals surface area contributed by atoms with E-state index in [1.54, 1.807) is 36.2 Å². The molecule has 9 heteroatoms. The predicted molar refractivity (Wildman–Crippen MR) is 119 cm³/mol. The molecule has 9 nitrogen and oxygen atoms in total. The van der Waals surface area contributed by atoms with Crippen molar-refractivity contribution in [3.8, 4) is 0 Å². The van der Waals surface area contributed by atoms with Gasteiger partial charge in [-0.15, -0.1) is 0 Å². The fraction of sp³-hybridized carbons (Fsp3) is 0.318. The summed E-state index contributed by atoms with van der Waals surface area (Å²) in [7, 11) is 1.67. The molecular formula is C22H27N5O4. The number of ether oxygens (including phenoxy) is 1. The fourth-order valence-electron chi connectivity index (χ4n) is 3.32. The summed E-state index contributed by atoms with van der Waals surface area (Å²) in [6.45, 7) is 3.15. The van der Waals surface area contributed by atoms with E-state index in [-0.39, 0.29) is 30.5 Å². The molecule has 0 spiro atoms. The molecule has 1 aliphatic heterocycles. The fourth-order valence-corrected chi connectivity index (χ4v) is 3.32. The topological polar surface area (TPSA) is 117 Å². The number of hydrogen-bond donors (Lipinski definition) is 3. The van der Waals surface area contributed by atoms with Crippen molar-refractivity contribution in [2.45, 2.75) is 0 Å². The SMILES string of the molecule is CN(CC(=O)Nc1ccc(N2CCOCC2)cc1)CC(=O)Nc1ccccc1C(N)=O. The number of likely N-dealkylation sites (N-methyl/N-ethyl adjacent to an activating group) is 1. The quantitative estimate of drug-likeness (QED) is 0.584. The zero-order valence-electron chi connectivity index (χ0n) is 17.5. The van der Waals surface area contributed by atoms with Crippen LogP contribution in [0.2, 0.25) is 0 Å². The van der Waals surface area contributed by atoms with E-state index in [1.165, 1.54) is 0 Å². The number of nitrogens with zero attached hydrogens (tertiary/aromatic N) is 2. The Morgan fingerprint density at radius 3 is 2.23 bits per heavy atom. The van der Waals surface area contributed by atoms with Crippen LogP contribution in [-0.4, -0.2) is 69.1 Å². The molecule has 3 amide bonds. The molecule has 164 valence electrons. The lowest BCUT2D eigenvalue weighted by Crippen LogP contribution is -2.36. The zero-order valence-corrected chi connectivity index (χ0v) is 17.5. The lowest BCUT2D eigenvalue weighted by Gasteiger charge is -2.28. The van der Waals surface area contributed by atoms with Gasteiger partial charge in [-0.1, -0.05) is 12.1 Å². The zero-order chi connectivity index (χ0) is 22.2. The molecule has 0 atom stereocenters. The lowest BCUT2D eigenvalue weighted by molar-refractivity contribution is -0.119. The van der Waals surface area contributed by atoms with Crippen molar-refractivity contribution < 1.29 is 19.1 Å². The summed E-state index contributed by atoms with van der Waals surface area (Å²) in [5.74, 6) is -1.20. The lowest BCUT2D eigenvalue weighted by atomic mass is 10.1. The summed E-state index contributed by atoms with van der Waals surface area (Å²) in [6, 6.07) is 14.2. The van der Waals surface area contributed by atoms with Gasteiger partial charge in [0.15, 0.2) is 0 Å². The predicted octanol–water partition coefficient (Wildman–Crippen LogP) is 1.13. The summed E-state index contributed by atoms with van der Waals surface area (Å²) in [5.41, 5.74) is 7.68. The average molecular weight is 425 g/mol. The van der Waals surface area contributed by atoms with Gasteiger partial charge in [0.05, 0.1) is 37.6 Å². The van der Waals surface area contributed by atoms with Crippen LogP contribution in [0.4, 0.5) is 17.1 Å². The molecule has 1 aliphatic rings. The second kappa shape index (κ2) is 10.6. The van der Waals surface area contributed by atoms with E-state index < -0.39 is 5.91 Å². The molecule has 1 fully saturated rings. The summed E-state index contributed by atoms with van der Waals surface area (Å²) in [6.07, 6.45) is 0. The van der Waals surface area contributed by atoms with Gasteiger partial charge in [-0.2, -0.15) is 0 Å². The van der Waals surface area contributed by atoms with Gasteiger partial charge in [0, 0.05) is 24.5 Å². The smallest absolute Gasteiger partial charge is 0.250 e. The van der Waals surface area contributed by atoms with Gasteiger partial charge in [-0.05, 0) is 43.4 Å². The maximum atomic E-state index is 12.3. The Hall–Kier alpha value is -3.43. The van der Waals surface area contributed by atoms with Crippen LogP contribution in [0.5, 0.6) is 0 Å². The molecule has 1 saturated heterocycles. The Morgan fingerprint density at radius 2 is 1.58 bits per heavy atom. The van der Waals surface area contributed by atoms with E-state index in [9.17, 15) is 14.4 Å². The van der Waals surface area contributed by atoms with Gasteiger partial charge in [0.1, 0.15) is 0 Å². The Morgan fingerprint density at radius 1 is 0.968 bits per heavy atom. The number of amides is 3. The van der Waals surface area contributed by atoms with Crippen molar-refractivity contribution in [3.05, 3.63) is 54.1 Å². The monoisotopic (exact) mass is 425 g/mol. The second-order valence-corrected chi connectivity index (χ2v) is 7.32. The molecule has 2 aromatic carbocycles. The maximum Gasteiger partial charge on any atom is 0.250 e. The molecule has 0 radical (unpaired) electrons. The summed E-state index contributed by atoms with van der Waals surface area (Å²) in [5, 5.41) is 5.49. The standard InChI is InChI=1S/C22H27N5O4/c1-26(15-21(29)25-19-5-3-2-4-18(19)22(23)30)14-20(28)24-16-6-8-17(9-7-16)27-10-12-31-13-11-27/h2-9H,10-15H2,1H3,(H2,23,30)(H,24,28)(H,25,29). The molecule has 31 heavy (non-hydrogen) atoms. The molecule has 0 aliphatic carbocycles. The average Bonchev–Trinajstić information content (AvgIpc) is 2.74. The summed E-state index contributed by atoms with van der Waals surface area (Å²) in [4.78, 5) is 39.9. The molecule has 4 N–H and O–H groups in total. The molecule has 1 heterocycles. The third kappa shape index (κ3) is 6.53. The second-order valence-electron chi connectivity index (χ2n) is 7.32. The molecule has 0 unspecified atom stereocenters. The highest BCUT2D eigenvalue weighted by molar-refractivity contribution is 6.03. The van der Waals surface area contributed by atoms with Crippen LogP contribution < -0.4 is 21.3 Å². The highest BCUT2D eigenvalue weighted by Gasteiger charge is 2.15. The number of carbonyl (C=O) groups excluding carboxylic acids is 3. The summed E-state index contributed by atoms with van der Waals surface area (Å²) < 4.78 is 5.36. The number of para-hydroxylation sites is 1. The van der Waals surface area contributed by atoms with E-state index in [1.807, 2.05) is 24.3 Å². The number of anilines is 3. The Kier molecular flexibility index (Phi) is 7.58. The molecule has 2 aromatic rings. The van der Waals surface area contributed by atoms with E-state index in [0.717, 1.165) is 18.8 Å². The van der Waals surface area contributed by atoms with Crippen molar-refractivity contribution in [2.75, 3.05) is 62.0 Å². The third-order valence-electron chi connectivity index (χ3n) is 4.82. The molecule has 0 bridgehead atoms. The number of carbonyl (C=O) groups is 3.